The summed E-state index contributed by atoms with van der Waals surface area (Å²) in [4.78, 5) is 19.5. The number of aliphatic hydroxyl groups is 1. The number of aryl methyl sites for hydroxylation is 1. The summed E-state index contributed by atoms with van der Waals surface area (Å²) in [6.45, 7) is 6.09. The average Bonchev–Trinajstić information content (AvgIpc) is 2.79. The number of carbonyl (C=O) groups excluding carboxylic acids is 1. The summed E-state index contributed by atoms with van der Waals surface area (Å²) in [6, 6.07) is 8.43. The second-order valence-electron chi connectivity index (χ2n) is 6.29. The molecule has 0 bridgehead atoms. The van der Waals surface area contributed by atoms with Gasteiger partial charge in [-0.1, -0.05) is 19.6 Å². The van der Waals surface area contributed by atoms with Gasteiger partial charge in [0.1, 0.15) is 17.6 Å². The van der Waals surface area contributed by atoms with Crippen LogP contribution in [0, 0.1) is 5.82 Å². The Morgan fingerprint density at radius 3 is 2.87 bits per heavy atom. The van der Waals surface area contributed by atoms with E-state index in [0.717, 1.165) is 18.2 Å². The van der Waals surface area contributed by atoms with Gasteiger partial charge in [-0.3, -0.25) is 4.99 Å². The molecular weight excluding hydrogens is 415 g/mol. The van der Waals surface area contributed by atoms with Crippen molar-refractivity contribution in [3.8, 4) is 0 Å². The lowest BCUT2D eigenvalue weighted by Gasteiger charge is -2.15. The maximum Gasteiger partial charge on any atom is 0.142 e. The first-order valence-corrected chi connectivity index (χ1v) is 10.6. The number of hydrogen-bond donors (Lipinski definition) is 3. The van der Waals surface area contributed by atoms with E-state index in [0.29, 0.717) is 39.1 Å². The van der Waals surface area contributed by atoms with Gasteiger partial charge in [0.25, 0.3) is 0 Å². The Hall–Kier alpha value is -3.19. The van der Waals surface area contributed by atoms with Crippen molar-refractivity contribution in [1.82, 2.24) is 4.98 Å². The fraction of sp³-hybridized carbons (Fsp3) is 0.217. The second kappa shape index (κ2) is 12.5. The fourth-order valence-corrected chi connectivity index (χ4v) is 3.27. The van der Waals surface area contributed by atoms with Gasteiger partial charge in [0.15, 0.2) is 0 Å². The first-order chi connectivity index (χ1) is 15.0. The molecular formula is C23H25FN4O2S. The number of halogens is 1. The van der Waals surface area contributed by atoms with Crippen molar-refractivity contribution in [3.63, 3.8) is 0 Å². The van der Waals surface area contributed by atoms with Crippen LogP contribution in [0.4, 0.5) is 15.9 Å². The molecule has 6 nitrogen and oxygen atoms in total. The number of anilines is 2. The van der Waals surface area contributed by atoms with E-state index in [1.54, 1.807) is 49.5 Å². The van der Waals surface area contributed by atoms with E-state index >= 15 is 0 Å². The number of benzene rings is 1. The Bertz CT molecular complexity index is 1030. The van der Waals surface area contributed by atoms with Crippen LogP contribution < -0.4 is 10.6 Å². The third-order valence-electron chi connectivity index (χ3n) is 4.22. The predicted molar refractivity (Wildman–Crippen MR) is 127 cm³/mol. The number of aliphatic hydroxyl groups excluding tert-OH is 1. The van der Waals surface area contributed by atoms with Crippen LogP contribution in [-0.4, -0.2) is 41.2 Å². The molecule has 0 unspecified atom stereocenters. The average molecular weight is 441 g/mol. The summed E-state index contributed by atoms with van der Waals surface area (Å²) in [6.07, 6.45) is 5.19. The van der Waals surface area contributed by atoms with Crippen LogP contribution in [0.1, 0.15) is 18.1 Å². The molecule has 0 saturated carbocycles. The molecule has 0 saturated heterocycles. The van der Waals surface area contributed by atoms with Crippen LogP contribution >= 0.6 is 11.8 Å². The molecule has 1 heterocycles. The molecule has 0 atom stereocenters. The van der Waals surface area contributed by atoms with Gasteiger partial charge in [0, 0.05) is 41.2 Å². The van der Waals surface area contributed by atoms with Gasteiger partial charge in [-0.2, -0.15) is 0 Å². The summed E-state index contributed by atoms with van der Waals surface area (Å²) in [5, 5.41) is 15.1. The topological polar surface area (TPSA) is 86.6 Å². The number of nitrogens with zero attached hydrogens (tertiary/aromatic N) is 2. The van der Waals surface area contributed by atoms with Crippen molar-refractivity contribution < 1.29 is 14.3 Å². The Balaban J connectivity index is 2.44. The number of pyridine rings is 1. The highest BCUT2D eigenvalue weighted by Gasteiger charge is 2.12. The molecule has 0 radical (unpaired) electrons. The van der Waals surface area contributed by atoms with Crippen molar-refractivity contribution in [1.29, 1.82) is 0 Å². The molecule has 31 heavy (non-hydrogen) atoms. The van der Waals surface area contributed by atoms with Crippen LogP contribution in [0.2, 0.25) is 0 Å². The molecule has 0 amide bonds. The lowest BCUT2D eigenvalue weighted by atomic mass is 10.0. The number of nitrogens with one attached hydrogen (secondary N) is 2. The van der Waals surface area contributed by atoms with Crippen molar-refractivity contribution in [2.45, 2.75) is 13.3 Å². The third kappa shape index (κ3) is 7.22. The lowest BCUT2D eigenvalue weighted by Crippen LogP contribution is -2.09. The molecule has 2 aromatic rings. The maximum atomic E-state index is 14.6. The molecule has 0 fully saturated rings. The van der Waals surface area contributed by atoms with Crippen molar-refractivity contribution in [3.05, 3.63) is 82.9 Å². The van der Waals surface area contributed by atoms with Crippen LogP contribution in [0.3, 0.4) is 0 Å². The second-order valence-corrected chi connectivity index (χ2v) is 7.48. The van der Waals surface area contributed by atoms with E-state index in [1.165, 1.54) is 17.8 Å². The number of aliphatic imine (C=N–C) groups is 1. The quantitative estimate of drug-likeness (QED) is 0.276. The zero-order valence-corrected chi connectivity index (χ0v) is 18.3. The molecule has 0 spiro atoms. The van der Waals surface area contributed by atoms with Crippen molar-refractivity contribution in [2.24, 2.45) is 4.99 Å². The van der Waals surface area contributed by atoms with Crippen molar-refractivity contribution in [2.75, 3.05) is 30.0 Å². The third-order valence-corrected chi connectivity index (χ3v) is 5.18. The first-order valence-electron chi connectivity index (χ1n) is 9.61. The minimum absolute atomic E-state index is 0.000218. The zero-order chi connectivity index (χ0) is 22.6. The molecule has 0 aliphatic carbocycles. The van der Waals surface area contributed by atoms with E-state index in [4.69, 9.17) is 0 Å². The van der Waals surface area contributed by atoms with E-state index < -0.39 is 0 Å². The fourth-order valence-electron chi connectivity index (χ4n) is 2.67. The zero-order valence-electron chi connectivity index (χ0n) is 17.5. The minimum atomic E-state index is -0.363. The van der Waals surface area contributed by atoms with Crippen LogP contribution in [0.5, 0.6) is 0 Å². The Labute approximate surface area is 185 Å². The largest absolute Gasteiger partial charge is 0.396 e. The highest BCUT2D eigenvalue weighted by atomic mass is 32.2. The molecule has 2 rings (SSSR count). The number of allylic oxidation sites excluding steroid dienone is 1. The van der Waals surface area contributed by atoms with Crippen LogP contribution in [-0.2, 0) is 11.2 Å². The highest BCUT2D eigenvalue weighted by Crippen LogP contribution is 2.26. The van der Waals surface area contributed by atoms with Gasteiger partial charge in [-0.15, -0.1) is 11.8 Å². The standard InChI is InChI=1S/C23H25FN4O2S/c1-4-17-5-6-20(24)19(13-17)22(25-3)15-21(16(2)31-12-11-30)28-18-7-8-26-23(14-18)27-9-10-29/h5-9,13-15,30H,2,4,11-12H2,1,3H3,(H2,26,27,28)/b21-15+,25-22?. The number of hydrogen-bond acceptors (Lipinski definition) is 7. The molecule has 0 aliphatic heterocycles. The summed E-state index contributed by atoms with van der Waals surface area (Å²) in [5.41, 5.74) is 3.13. The Morgan fingerprint density at radius 2 is 2.19 bits per heavy atom. The normalized spacial score (nSPS) is 11.6. The number of thioether (sulfide) groups is 1. The van der Waals surface area contributed by atoms with E-state index in [-0.39, 0.29) is 12.4 Å². The predicted octanol–water partition coefficient (Wildman–Crippen LogP) is 4.19. The first kappa shape index (κ1) is 24.1. The van der Waals surface area contributed by atoms with Crippen molar-refractivity contribution >= 4 is 34.9 Å². The van der Waals surface area contributed by atoms with Gasteiger partial charge >= 0.3 is 0 Å². The molecule has 8 heteroatoms. The number of aromatic nitrogens is 1. The van der Waals surface area contributed by atoms with Crippen LogP contribution in [0.25, 0.3) is 0 Å². The molecule has 1 aromatic heterocycles. The smallest absolute Gasteiger partial charge is 0.142 e. The summed E-state index contributed by atoms with van der Waals surface area (Å²) >= 11 is 1.37. The van der Waals surface area contributed by atoms with E-state index in [9.17, 15) is 14.3 Å². The monoisotopic (exact) mass is 440 g/mol. The van der Waals surface area contributed by atoms with Crippen LogP contribution in [0.15, 0.2) is 71.0 Å². The van der Waals surface area contributed by atoms with Gasteiger partial charge in [0.05, 0.1) is 24.2 Å². The number of rotatable bonds is 11. The summed E-state index contributed by atoms with van der Waals surface area (Å²) in [7, 11) is 1.60. The highest BCUT2D eigenvalue weighted by molar-refractivity contribution is 8.03. The van der Waals surface area contributed by atoms with Gasteiger partial charge < -0.3 is 15.7 Å². The summed E-state index contributed by atoms with van der Waals surface area (Å²) < 4.78 is 14.6. The molecule has 1 aromatic carbocycles. The molecule has 3 N–H and O–H groups in total. The summed E-state index contributed by atoms with van der Waals surface area (Å²) in [5.74, 6) is 2.18. The lowest BCUT2D eigenvalue weighted by molar-refractivity contribution is 0.322. The maximum absolute atomic E-state index is 14.6. The SMILES string of the molecule is C=C(SCCO)/C(=C\C(=NC)c1cc(CC)ccc1F)Nc1ccnc(NC=C=O)c1. The molecule has 162 valence electrons. The Kier molecular flexibility index (Phi) is 9.71. The van der Waals surface area contributed by atoms with E-state index in [1.807, 2.05) is 6.92 Å². The van der Waals surface area contributed by atoms with Gasteiger partial charge in [-0.25, -0.2) is 14.2 Å². The minimum Gasteiger partial charge on any atom is -0.396 e. The van der Waals surface area contributed by atoms with E-state index in [2.05, 4.69) is 27.2 Å². The van der Waals surface area contributed by atoms with Gasteiger partial charge in [-0.05, 0) is 36.3 Å². The Morgan fingerprint density at radius 1 is 1.39 bits per heavy atom. The van der Waals surface area contributed by atoms with Gasteiger partial charge in [0.2, 0.25) is 0 Å². The molecule has 0 aliphatic rings.